The molecule has 76 heavy (non-hydrogen) atoms. The lowest BCUT2D eigenvalue weighted by atomic mass is 10.1. The first-order chi connectivity index (χ1) is 36.9. The van der Waals surface area contributed by atoms with Gasteiger partial charge >= 0.3 is 17.8 Å². The maximum atomic E-state index is 12.5. The summed E-state index contributed by atoms with van der Waals surface area (Å²) < 4.78 is 37.9. The highest BCUT2D eigenvalue weighted by molar-refractivity contribution is 5.93. The number of carbonyl (C=O) groups is 2. The van der Waals surface area contributed by atoms with E-state index in [1.807, 2.05) is 73.1 Å². The molecular weight excluding hydrogens is 973 g/mol. The minimum Gasteiger partial charge on any atom is -0.493 e. The molecule has 0 bridgehead atoms. The van der Waals surface area contributed by atoms with Gasteiger partial charge in [0.15, 0.2) is 34.5 Å². The molecular formula is C56H54N10O10. The number of para-hydroxylation sites is 3. The summed E-state index contributed by atoms with van der Waals surface area (Å²) in [4.78, 5) is 47.3. The summed E-state index contributed by atoms with van der Waals surface area (Å²) >= 11 is 0. The van der Waals surface area contributed by atoms with E-state index in [1.54, 1.807) is 49.6 Å². The topological polar surface area (TPSA) is 275 Å². The van der Waals surface area contributed by atoms with Crippen molar-refractivity contribution in [2.24, 2.45) is 0 Å². The normalized spacial score (nSPS) is 10.4. The van der Waals surface area contributed by atoms with Crippen LogP contribution in [0.2, 0.25) is 0 Å². The number of nitriles is 2. The van der Waals surface area contributed by atoms with Crippen molar-refractivity contribution in [3.8, 4) is 52.4 Å². The number of H-pyrrole nitrogens is 2. The molecule has 0 unspecified atom stereocenters. The molecule has 0 saturated heterocycles. The zero-order valence-electron chi connectivity index (χ0n) is 42.4. The first-order valence-electron chi connectivity index (χ1n) is 23.4. The van der Waals surface area contributed by atoms with Crippen molar-refractivity contribution >= 4 is 62.0 Å². The number of nitrogens with two attached hydrogens (primary N) is 1. The second-order valence-electron chi connectivity index (χ2n) is 16.3. The van der Waals surface area contributed by atoms with Crippen LogP contribution in [0.25, 0.3) is 32.7 Å². The Morgan fingerprint density at radius 2 is 1.08 bits per heavy atom. The Kier molecular flexibility index (Phi) is 17.8. The fraction of sp³-hybridized carbons (Fsp3) is 0.179. The molecule has 0 fully saturated rings. The number of aryl methyl sites for hydroxylation is 1. The second-order valence-corrected chi connectivity index (χ2v) is 16.3. The molecule has 0 radical (unpaired) electrons. The van der Waals surface area contributed by atoms with Gasteiger partial charge in [-0.3, -0.25) is 9.88 Å². The van der Waals surface area contributed by atoms with Crippen molar-refractivity contribution in [3.05, 3.63) is 160 Å². The smallest absolute Gasteiger partial charge is 0.417 e. The predicted octanol–water partition coefficient (Wildman–Crippen LogP) is 9.33. The summed E-state index contributed by atoms with van der Waals surface area (Å²) in [6.07, 6.45) is 4.57. The lowest BCUT2D eigenvalue weighted by Crippen LogP contribution is -2.30. The number of hydrogen-bond donors (Lipinski definition) is 6. The minimum atomic E-state index is -0.699. The first-order valence-corrected chi connectivity index (χ1v) is 23.4. The van der Waals surface area contributed by atoms with Crippen molar-refractivity contribution in [1.29, 1.82) is 10.5 Å². The van der Waals surface area contributed by atoms with Crippen LogP contribution in [0.5, 0.6) is 40.2 Å². The molecule has 0 aliphatic carbocycles. The van der Waals surface area contributed by atoms with Crippen LogP contribution in [0.3, 0.4) is 0 Å². The van der Waals surface area contributed by atoms with Crippen LogP contribution in [-0.4, -0.2) is 80.8 Å². The minimum absolute atomic E-state index is 0.239. The number of anilines is 3. The van der Waals surface area contributed by atoms with Crippen LogP contribution in [0.15, 0.2) is 132 Å². The molecule has 0 atom stereocenters. The third-order valence-corrected chi connectivity index (χ3v) is 11.9. The standard InChI is InChI=1S/2C20H20N4O3.C16H14N2O4/c1-26-17-9-14-16(10-18(17)27-2)23-20(25)24(19(14)21)8-7-12-11-22-15-6-4-3-5-13(12)15;1-26-18-9-14(11-21)17(10-19(18)27-2)24-20(25)22-8-7-13-12-23-16-6-4-3-5-15(13)16;1-20-14-8-11(10-17)13(9-15(14)21-2)18-16(19)22-12-6-4-3-5-7-12/h3-6,9-11,22H,7-8,21H2,1-2H3;3-6,9-10,12,23H,7-8H2,1-2H3,(H2,22,24,25);3-9H,1-2H3,(H,18,19). The molecule has 3 heterocycles. The largest absolute Gasteiger partial charge is 0.493 e. The van der Waals surface area contributed by atoms with Crippen LogP contribution in [0.1, 0.15) is 22.3 Å². The van der Waals surface area contributed by atoms with Crippen molar-refractivity contribution < 1.29 is 42.7 Å². The quantitative estimate of drug-likeness (QED) is 0.0558. The second kappa shape index (κ2) is 25.4. The van der Waals surface area contributed by atoms with Crippen LogP contribution < -0.4 is 60.5 Å². The molecule has 0 spiro atoms. The summed E-state index contributed by atoms with van der Waals surface area (Å²) in [6, 6.07) is 37.8. The molecule has 20 nitrogen and oxygen atoms in total. The zero-order valence-corrected chi connectivity index (χ0v) is 42.4. The number of nitrogens with one attached hydrogen (secondary N) is 5. The van der Waals surface area contributed by atoms with Crippen LogP contribution >= 0.6 is 0 Å². The fourth-order valence-corrected chi connectivity index (χ4v) is 8.06. The fourth-order valence-electron chi connectivity index (χ4n) is 8.06. The molecule has 6 aromatic carbocycles. The van der Waals surface area contributed by atoms with Gasteiger partial charge in [-0.1, -0.05) is 54.6 Å². The van der Waals surface area contributed by atoms with Crippen LogP contribution in [0.4, 0.5) is 26.8 Å². The Morgan fingerprint density at radius 1 is 0.605 bits per heavy atom. The predicted molar refractivity (Wildman–Crippen MR) is 289 cm³/mol. The van der Waals surface area contributed by atoms with Gasteiger partial charge in [0.2, 0.25) is 0 Å². The molecule has 0 aliphatic rings. The number of hydrogen-bond acceptors (Lipinski definition) is 14. The number of nitrogen functional groups attached to an aromatic ring is 1. The number of nitrogens with zero attached hydrogens (tertiary/aromatic N) is 4. The zero-order chi connectivity index (χ0) is 54.1. The third-order valence-electron chi connectivity index (χ3n) is 11.9. The summed E-state index contributed by atoms with van der Waals surface area (Å²) in [5.41, 5.74) is 12.0. The SMILES string of the molecule is COc1cc(C#N)c(NC(=O)NCCc2c[nH]c3ccccc23)cc1OC.COc1cc(C#N)c(NC(=O)Oc2ccccc2)cc1OC.COc1cc2nc(=O)n(CCc3c[nH]c4ccccc34)c(N)c2cc1OC. The van der Waals surface area contributed by atoms with Crippen molar-refractivity contribution in [1.82, 2.24) is 24.8 Å². The van der Waals surface area contributed by atoms with E-state index >= 15 is 0 Å². The van der Waals surface area contributed by atoms with Crippen molar-refractivity contribution in [2.75, 3.05) is 65.6 Å². The first kappa shape index (κ1) is 53.5. The monoisotopic (exact) mass is 1030 g/mol. The number of methoxy groups -OCH3 is 6. The van der Waals surface area contributed by atoms with E-state index in [0.717, 1.165) is 32.9 Å². The summed E-state index contributed by atoms with van der Waals surface area (Å²) in [5.74, 6) is 3.49. The molecule has 20 heteroatoms. The number of rotatable bonds is 15. The highest BCUT2D eigenvalue weighted by Gasteiger charge is 2.17. The summed E-state index contributed by atoms with van der Waals surface area (Å²) in [7, 11) is 9.01. The van der Waals surface area contributed by atoms with Gasteiger partial charge in [-0.2, -0.15) is 15.5 Å². The van der Waals surface area contributed by atoms with Gasteiger partial charge in [-0.05, 0) is 54.3 Å². The lowest BCUT2D eigenvalue weighted by Gasteiger charge is -2.13. The van der Waals surface area contributed by atoms with E-state index in [4.69, 9.17) is 44.2 Å². The summed E-state index contributed by atoms with van der Waals surface area (Å²) in [5, 5.41) is 29.4. The van der Waals surface area contributed by atoms with Gasteiger partial charge in [0.25, 0.3) is 0 Å². The Balaban J connectivity index is 0.000000167. The van der Waals surface area contributed by atoms with E-state index < -0.39 is 12.1 Å². The van der Waals surface area contributed by atoms with Crippen LogP contribution in [0, 0.1) is 22.7 Å². The Bertz CT molecular complexity index is 3650. The summed E-state index contributed by atoms with van der Waals surface area (Å²) in [6.45, 7) is 0.895. The van der Waals surface area contributed by atoms with E-state index in [2.05, 4.69) is 37.0 Å². The maximum absolute atomic E-state index is 12.5. The third kappa shape index (κ3) is 12.6. The van der Waals surface area contributed by atoms with Crippen molar-refractivity contribution in [2.45, 2.75) is 19.4 Å². The van der Waals surface area contributed by atoms with E-state index in [1.165, 1.54) is 58.3 Å². The average Bonchev–Trinajstić information content (AvgIpc) is 4.08. The number of aromatic nitrogens is 4. The molecule has 388 valence electrons. The number of carbonyl (C=O) groups excluding carboxylic acids is 2. The molecule has 3 amide bonds. The number of amides is 3. The molecule has 0 aliphatic heterocycles. The van der Waals surface area contributed by atoms with Gasteiger partial charge in [0, 0.05) is 83.0 Å². The molecule has 0 saturated carbocycles. The van der Waals surface area contributed by atoms with E-state index in [-0.39, 0.29) is 16.9 Å². The van der Waals surface area contributed by atoms with Gasteiger partial charge in [0.05, 0.1) is 70.7 Å². The van der Waals surface area contributed by atoms with Gasteiger partial charge in [-0.15, -0.1) is 0 Å². The molecule has 9 aromatic rings. The highest BCUT2D eigenvalue weighted by Crippen LogP contribution is 2.35. The molecule has 7 N–H and O–H groups in total. The van der Waals surface area contributed by atoms with E-state index in [9.17, 15) is 19.6 Å². The maximum Gasteiger partial charge on any atom is 0.417 e. The number of benzene rings is 6. The Hall–Kier alpha value is -10.3. The van der Waals surface area contributed by atoms with E-state index in [0.29, 0.717) is 94.1 Å². The van der Waals surface area contributed by atoms with Crippen molar-refractivity contribution in [3.63, 3.8) is 0 Å². The van der Waals surface area contributed by atoms with Gasteiger partial charge in [0.1, 0.15) is 23.7 Å². The van der Waals surface area contributed by atoms with Crippen LogP contribution in [-0.2, 0) is 19.4 Å². The number of urea groups is 1. The lowest BCUT2D eigenvalue weighted by molar-refractivity contribution is 0.215. The number of aromatic amines is 2. The van der Waals surface area contributed by atoms with Gasteiger partial charge in [-0.25, -0.2) is 14.4 Å². The Labute approximate surface area is 436 Å². The number of fused-ring (bicyclic) bond motifs is 3. The van der Waals surface area contributed by atoms with Gasteiger partial charge < -0.3 is 59.5 Å². The molecule has 9 rings (SSSR count). The average molecular weight is 1030 g/mol. The highest BCUT2D eigenvalue weighted by atomic mass is 16.6. The Morgan fingerprint density at radius 3 is 1.62 bits per heavy atom. The number of ether oxygens (including phenoxy) is 7. The molecule has 3 aromatic heterocycles.